The first-order valence-electron chi connectivity index (χ1n) is 11.1. The average Bonchev–Trinajstić information content (AvgIpc) is 2.63. The molecule has 3 nitrogen and oxygen atoms in total. The molecule has 0 bridgehead atoms. The van der Waals surface area contributed by atoms with Crippen molar-refractivity contribution in [3.8, 4) is 0 Å². The lowest BCUT2D eigenvalue weighted by Crippen LogP contribution is -2.22. The first-order valence-corrected chi connectivity index (χ1v) is 11.1. The van der Waals surface area contributed by atoms with Crippen LogP contribution in [0.4, 0.5) is 0 Å². The van der Waals surface area contributed by atoms with E-state index in [1.165, 1.54) is 51.4 Å². The van der Waals surface area contributed by atoms with E-state index in [1.54, 1.807) is 0 Å². The summed E-state index contributed by atoms with van der Waals surface area (Å²) >= 11 is 0. The Morgan fingerprint density at radius 2 is 1.04 bits per heavy atom. The van der Waals surface area contributed by atoms with E-state index in [0.29, 0.717) is 0 Å². The fraction of sp³-hybridized carbons (Fsp3) is 1.00. The number of hydrogen-bond acceptors (Lipinski definition) is 3. The highest BCUT2D eigenvalue weighted by molar-refractivity contribution is 4.70. The van der Waals surface area contributed by atoms with Crippen molar-refractivity contribution in [1.82, 2.24) is 5.32 Å². The molecule has 2 saturated carbocycles. The molecule has 0 aromatic carbocycles. The Morgan fingerprint density at radius 3 is 1.44 bits per heavy atom. The molecule has 0 radical (unpaired) electrons. The van der Waals surface area contributed by atoms with Crippen LogP contribution in [0, 0.1) is 23.7 Å². The van der Waals surface area contributed by atoms with Crippen molar-refractivity contribution in [3.05, 3.63) is 0 Å². The van der Waals surface area contributed by atoms with Gasteiger partial charge in [0.2, 0.25) is 0 Å². The van der Waals surface area contributed by atoms with E-state index < -0.39 is 0 Å². The van der Waals surface area contributed by atoms with Crippen molar-refractivity contribution in [2.24, 2.45) is 23.7 Å². The fourth-order valence-corrected chi connectivity index (χ4v) is 4.22. The lowest BCUT2D eigenvalue weighted by molar-refractivity contribution is 0.0750. The van der Waals surface area contributed by atoms with Gasteiger partial charge in [-0.15, -0.1) is 0 Å². The summed E-state index contributed by atoms with van der Waals surface area (Å²) in [5.74, 6) is 3.54. The number of nitrogens with one attached hydrogen (secondary N) is 1. The van der Waals surface area contributed by atoms with Crippen molar-refractivity contribution < 1.29 is 9.47 Å². The lowest BCUT2D eigenvalue weighted by Gasteiger charge is -2.25. The Kier molecular flexibility index (Phi) is 11.1. The van der Waals surface area contributed by atoms with Crippen LogP contribution in [0.1, 0.15) is 78.1 Å². The Labute approximate surface area is 156 Å². The molecule has 2 aliphatic rings. The summed E-state index contributed by atoms with van der Waals surface area (Å²) in [4.78, 5) is 0. The van der Waals surface area contributed by atoms with E-state index in [4.69, 9.17) is 9.47 Å². The second kappa shape index (κ2) is 13.1. The molecule has 0 unspecified atom stereocenters. The van der Waals surface area contributed by atoms with Crippen LogP contribution in [0.15, 0.2) is 0 Å². The van der Waals surface area contributed by atoms with Crippen LogP contribution in [0.2, 0.25) is 0 Å². The third-order valence-corrected chi connectivity index (χ3v) is 6.26. The van der Waals surface area contributed by atoms with E-state index in [2.05, 4.69) is 19.2 Å². The summed E-state index contributed by atoms with van der Waals surface area (Å²) in [6.07, 6.45) is 13.4. The van der Waals surface area contributed by atoms with Crippen LogP contribution in [-0.2, 0) is 9.47 Å². The van der Waals surface area contributed by atoms with E-state index in [-0.39, 0.29) is 0 Å². The molecule has 0 aliphatic heterocycles. The molecule has 3 heteroatoms. The Balaban J connectivity index is 1.28. The molecule has 0 amide bonds. The molecule has 0 saturated heterocycles. The summed E-state index contributed by atoms with van der Waals surface area (Å²) < 4.78 is 11.7. The van der Waals surface area contributed by atoms with Crippen LogP contribution >= 0.6 is 0 Å². The third kappa shape index (κ3) is 9.96. The van der Waals surface area contributed by atoms with E-state index in [1.807, 2.05) is 0 Å². The monoisotopic (exact) mass is 353 g/mol. The minimum Gasteiger partial charge on any atom is -0.381 e. The van der Waals surface area contributed by atoms with E-state index in [9.17, 15) is 0 Å². The van der Waals surface area contributed by atoms with Gasteiger partial charge >= 0.3 is 0 Å². The van der Waals surface area contributed by atoms with Gasteiger partial charge in [0.15, 0.2) is 0 Å². The molecule has 25 heavy (non-hydrogen) atoms. The fourth-order valence-electron chi connectivity index (χ4n) is 4.22. The highest BCUT2D eigenvalue weighted by Gasteiger charge is 2.18. The number of rotatable bonds is 12. The first kappa shape index (κ1) is 21.2. The lowest BCUT2D eigenvalue weighted by atomic mass is 9.83. The highest BCUT2D eigenvalue weighted by atomic mass is 16.5. The molecular weight excluding hydrogens is 310 g/mol. The van der Waals surface area contributed by atoms with Gasteiger partial charge in [0.25, 0.3) is 0 Å². The second-order valence-electron chi connectivity index (χ2n) is 8.86. The normalized spacial score (nSPS) is 30.5. The van der Waals surface area contributed by atoms with Gasteiger partial charge < -0.3 is 14.8 Å². The average molecular weight is 354 g/mol. The van der Waals surface area contributed by atoms with Gasteiger partial charge in [0, 0.05) is 26.4 Å². The smallest absolute Gasteiger partial charge is 0.0494 e. The molecule has 2 fully saturated rings. The summed E-state index contributed by atoms with van der Waals surface area (Å²) in [6, 6.07) is 0. The van der Waals surface area contributed by atoms with E-state index in [0.717, 1.165) is 76.0 Å². The maximum Gasteiger partial charge on any atom is 0.0494 e. The van der Waals surface area contributed by atoms with E-state index >= 15 is 0 Å². The quantitative estimate of drug-likeness (QED) is 0.498. The van der Waals surface area contributed by atoms with Gasteiger partial charge in [-0.3, -0.25) is 0 Å². The second-order valence-corrected chi connectivity index (χ2v) is 8.86. The minimum absolute atomic E-state index is 0.827. The maximum absolute atomic E-state index is 5.86. The SMILES string of the molecule is CC1CCC(COCCCNCCCOCC2CCC(C)CC2)CC1. The van der Waals surface area contributed by atoms with Crippen LogP contribution in [-0.4, -0.2) is 39.5 Å². The van der Waals surface area contributed by atoms with Crippen molar-refractivity contribution in [1.29, 1.82) is 0 Å². The summed E-state index contributed by atoms with van der Waals surface area (Å²) in [5, 5.41) is 3.51. The molecule has 0 spiro atoms. The largest absolute Gasteiger partial charge is 0.381 e. The van der Waals surface area contributed by atoms with Crippen LogP contribution in [0.5, 0.6) is 0 Å². The molecule has 1 N–H and O–H groups in total. The summed E-state index contributed by atoms with van der Waals surface area (Å²) in [5.41, 5.74) is 0. The van der Waals surface area contributed by atoms with Gasteiger partial charge in [0.05, 0.1) is 0 Å². The minimum atomic E-state index is 0.827. The molecule has 2 rings (SSSR count). The van der Waals surface area contributed by atoms with Gasteiger partial charge in [0.1, 0.15) is 0 Å². The topological polar surface area (TPSA) is 30.5 Å². The number of ether oxygens (including phenoxy) is 2. The predicted molar refractivity (Wildman–Crippen MR) is 106 cm³/mol. The van der Waals surface area contributed by atoms with Crippen LogP contribution < -0.4 is 5.32 Å². The zero-order valence-electron chi connectivity index (χ0n) is 16.9. The molecule has 148 valence electrons. The molecule has 0 aromatic heterocycles. The van der Waals surface area contributed by atoms with Crippen molar-refractivity contribution in [2.75, 3.05) is 39.5 Å². The molecule has 0 atom stereocenters. The van der Waals surface area contributed by atoms with Gasteiger partial charge in [-0.25, -0.2) is 0 Å². The van der Waals surface area contributed by atoms with Crippen molar-refractivity contribution >= 4 is 0 Å². The van der Waals surface area contributed by atoms with Gasteiger partial charge in [-0.05, 0) is 75.3 Å². The summed E-state index contributed by atoms with van der Waals surface area (Å²) in [7, 11) is 0. The molecular formula is C22H43NO2. The Morgan fingerprint density at radius 1 is 0.640 bits per heavy atom. The molecule has 0 aromatic rings. The molecule has 0 heterocycles. The third-order valence-electron chi connectivity index (χ3n) is 6.26. The Bertz CT molecular complexity index is 277. The molecule has 2 aliphatic carbocycles. The van der Waals surface area contributed by atoms with Gasteiger partial charge in [-0.2, -0.15) is 0 Å². The maximum atomic E-state index is 5.86. The van der Waals surface area contributed by atoms with Crippen molar-refractivity contribution in [3.63, 3.8) is 0 Å². The predicted octanol–water partition coefficient (Wildman–Crippen LogP) is 5.04. The standard InChI is InChI=1S/C22H43NO2/c1-19-5-9-21(10-6-19)17-24-15-3-13-23-14-4-16-25-18-22-11-7-20(2)8-12-22/h19-23H,3-18H2,1-2H3. The zero-order chi connectivity index (χ0) is 17.7. The van der Waals surface area contributed by atoms with Crippen LogP contribution in [0.25, 0.3) is 0 Å². The Hall–Kier alpha value is -0.120. The zero-order valence-corrected chi connectivity index (χ0v) is 16.9. The first-order chi connectivity index (χ1) is 12.2. The highest BCUT2D eigenvalue weighted by Crippen LogP contribution is 2.29. The summed E-state index contributed by atoms with van der Waals surface area (Å²) in [6.45, 7) is 10.7. The number of hydrogen-bond donors (Lipinski definition) is 1. The van der Waals surface area contributed by atoms with Gasteiger partial charge in [-0.1, -0.05) is 39.5 Å². The van der Waals surface area contributed by atoms with Crippen molar-refractivity contribution in [2.45, 2.75) is 78.1 Å². The van der Waals surface area contributed by atoms with Crippen LogP contribution in [0.3, 0.4) is 0 Å².